The third-order valence-electron chi connectivity index (χ3n) is 2.10. The van der Waals surface area contributed by atoms with Crippen molar-refractivity contribution >= 4 is 0 Å². The van der Waals surface area contributed by atoms with Crippen molar-refractivity contribution in [1.29, 1.82) is 0 Å². The SMILES string of the molecule is CCc1ccc(F)cc1-n1ccnn1. The van der Waals surface area contributed by atoms with Crippen LogP contribution in [0.4, 0.5) is 4.39 Å². The lowest BCUT2D eigenvalue weighted by atomic mass is 10.1. The smallest absolute Gasteiger partial charge is 0.125 e. The Labute approximate surface area is 81.2 Å². The first kappa shape index (κ1) is 8.87. The summed E-state index contributed by atoms with van der Waals surface area (Å²) in [5, 5.41) is 7.53. The van der Waals surface area contributed by atoms with Gasteiger partial charge >= 0.3 is 0 Å². The van der Waals surface area contributed by atoms with Gasteiger partial charge in [-0.3, -0.25) is 0 Å². The number of halogens is 1. The molecule has 14 heavy (non-hydrogen) atoms. The topological polar surface area (TPSA) is 30.7 Å². The van der Waals surface area contributed by atoms with Gasteiger partial charge in [-0.05, 0) is 24.1 Å². The molecule has 0 aliphatic rings. The van der Waals surface area contributed by atoms with Gasteiger partial charge in [0.25, 0.3) is 0 Å². The Hall–Kier alpha value is -1.71. The van der Waals surface area contributed by atoms with Gasteiger partial charge in [-0.2, -0.15) is 0 Å². The van der Waals surface area contributed by atoms with Crippen LogP contribution in [0.3, 0.4) is 0 Å². The number of nitrogens with zero attached hydrogens (tertiary/aromatic N) is 3. The fourth-order valence-electron chi connectivity index (χ4n) is 1.39. The average molecular weight is 191 g/mol. The van der Waals surface area contributed by atoms with E-state index in [4.69, 9.17) is 0 Å². The number of aromatic nitrogens is 3. The molecule has 1 heterocycles. The summed E-state index contributed by atoms with van der Waals surface area (Å²) in [7, 11) is 0. The Bertz CT molecular complexity index is 423. The predicted molar refractivity (Wildman–Crippen MR) is 50.7 cm³/mol. The van der Waals surface area contributed by atoms with E-state index >= 15 is 0 Å². The summed E-state index contributed by atoms with van der Waals surface area (Å²) in [4.78, 5) is 0. The Kier molecular flexibility index (Phi) is 2.26. The van der Waals surface area contributed by atoms with E-state index in [-0.39, 0.29) is 5.82 Å². The molecule has 3 nitrogen and oxygen atoms in total. The first-order valence-corrected chi connectivity index (χ1v) is 4.46. The van der Waals surface area contributed by atoms with Crippen LogP contribution >= 0.6 is 0 Å². The highest BCUT2D eigenvalue weighted by Crippen LogP contribution is 2.15. The van der Waals surface area contributed by atoms with Crippen LogP contribution < -0.4 is 0 Å². The maximum absolute atomic E-state index is 13.0. The van der Waals surface area contributed by atoms with E-state index in [1.165, 1.54) is 12.1 Å². The van der Waals surface area contributed by atoms with Crippen molar-refractivity contribution in [3.05, 3.63) is 42.0 Å². The average Bonchev–Trinajstić information content (AvgIpc) is 2.70. The molecule has 4 heteroatoms. The minimum Gasteiger partial charge on any atom is -0.220 e. The molecule has 0 saturated carbocycles. The molecule has 1 aromatic carbocycles. The van der Waals surface area contributed by atoms with Gasteiger partial charge in [0.1, 0.15) is 5.82 Å². The van der Waals surface area contributed by atoms with Crippen LogP contribution in [-0.2, 0) is 6.42 Å². The molecular formula is C10H10FN3. The lowest BCUT2D eigenvalue weighted by Gasteiger charge is -2.06. The van der Waals surface area contributed by atoms with Gasteiger partial charge in [0.15, 0.2) is 0 Å². The molecule has 0 saturated heterocycles. The molecule has 0 aliphatic carbocycles. The molecule has 0 fully saturated rings. The molecule has 0 bridgehead atoms. The molecule has 72 valence electrons. The standard InChI is InChI=1S/C10H10FN3/c1-2-8-3-4-9(11)7-10(8)14-6-5-12-13-14/h3-7H,2H2,1H3. The van der Waals surface area contributed by atoms with Crippen LogP contribution in [0.2, 0.25) is 0 Å². The van der Waals surface area contributed by atoms with Crippen molar-refractivity contribution in [2.24, 2.45) is 0 Å². The van der Waals surface area contributed by atoms with E-state index in [0.29, 0.717) is 0 Å². The van der Waals surface area contributed by atoms with E-state index in [1.807, 2.05) is 6.92 Å². The third-order valence-corrected chi connectivity index (χ3v) is 2.10. The fourth-order valence-corrected chi connectivity index (χ4v) is 1.39. The summed E-state index contributed by atoms with van der Waals surface area (Å²) in [5.41, 5.74) is 1.81. The highest BCUT2D eigenvalue weighted by Gasteiger charge is 2.04. The monoisotopic (exact) mass is 191 g/mol. The largest absolute Gasteiger partial charge is 0.220 e. The maximum Gasteiger partial charge on any atom is 0.125 e. The molecule has 0 unspecified atom stereocenters. The molecule has 0 aliphatic heterocycles. The van der Waals surface area contributed by atoms with Crippen molar-refractivity contribution in [1.82, 2.24) is 15.0 Å². The minimum atomic E-state index is -0.257. The lowest BCUT2D eigenvalue weighted by molar-refractivity contribution is 0.623. The van der Waals surface area contributed by atoms with Crippen LogP contribution in [-0.4, -0.2) is 15.0 Å². The van der Waals surface area contributed by atoms with Crippen LogP contribution in [0.15, 0.2) is 30.6 Å². The number of hydrogen-bond acceptors (Lipinski definition) is 2. The van der Waals surface area contributed by atoms with Crippen molar-refractivity contribution < 1.29 is 4.39 Å². The van der Waals surface area contributed by atoms with Crippen molar-refractivity contribution in [3.8, 4) is 5.69 Å². The number of aryl methyl sites for hydroxylation is 1. The zero-order chi connectivity index (χ0) is 9.97. The van der Waals surface area contributed by atoms with Crippen LogP contribution in [0.25, 0.3) is 5.69 Å². The Balaban J connectivity index is 2.55. The molecule has 0 N–H and O–H groups in total. The van der Waals surface area contributed by atoms with Crippen LogP contribution in [0, 0.1) is 5.82 Å². The Morgan fingerprint density at radius 1 is 1.43 bits per heavy atom. The third kappa shape index (κ3) is 1.51. The first-order chi connectivity index (χ1) is 6.81. The Morgan fingerprint density at radius 2 is 2.29 bits per heavy atom. The van der Waals surface area contributed by atoms with Gasteiger partial charge in [0, 0.05) is 0 Å². The first-order valence-electron chi connectivity index (χ1n) is 4.46. The number of hydrogen-bond donors (Lipinski definition) is 0. The molecular weight excluding hydrogens is 181 g/mol. The molecule has 0 atom stereocenters. The summed E-state index contributed by atoms with van der Waals surface area (Å²) in [6.45, 7) is 2.02. The summed E-state index contributed by atoms with van der Waals surface area (Å²) in [6, 6.07) is 4.69. The van der Waals surface area contributed by atoms with Crippen LogP contribution in [0.1, 0.15) is 12.5 Å². The predicted octanol–water partition coefficient (Wildman–Crippen LogP) is 1.97. The maximum atomic E-state index is 13.0. The highest BCUT2D eigenvalue weighted by atomic mass is 19.1. The van der Waals surface area contributed by atoms with E-state index in [0.717, 1.165) is 17.7 Å². The molecule has 0 spiro atoms. The quantitative estimate of drug-likeness (QED) is 0.726. The summed E-state index contributed by atoms with van der Waals surface area (Å²) in [6.07, 6.45) is 4.12. The van der Waals surface area contributed by atoms with Crippen molar-refractivity contribution in [2.75, 3.05) is 0 Å². The summed E-state index contributed by atoms with van der Waals surface area (Å²) >= 11 is 0. The van der Waals surface area contributed by atoms with E-state index in [1.54, 1.807) is 23.1 Å². The van der Waals surface area contributed by atoms with Gasteiger partial charge in [0.2, 0.25) is 0 Å². The van der Waals surface area contributed by atoms with Crippen molar-refractivity contribution in [2.45, 2.75) is 13.3 Å². The molecule has 2 aromatic rings. The van der Waals surface area contributed by atoms with Gasteiger partial charge in [-0.1, -0.05) is 18.2 Å². The fraction of sp³-hybridized carbons (Fsp3) is 0.200. The lowest BCUT2D eigenvalue weighted by Crippen LogP contribution is -2.00. The summed E-state index contributed by atoms with van der Waals surface area (Å²) in [5.74, 6) is -0.257. The van der Waals surface area contributed by atoms with Gasteiger partial charge in [0.05, 0.1) is 18.1 Å². The van der Waals surface area contributed by atoms with Crippen molar-refractivity contribution in [3.63, 3.8) is 0 Å². The zero-order valence-electron chi connectivity index (χ0n) is 7.81. The van der Waals surface area contributed by atoms with Gasteiger partial charge in [-0.15, -0.1) is 5.10 Å². The number of benzene rings is 1. The van der Waals surface area contributed by atoms with E-state index < -0.39 is 0 Å². The molecule has 0 radical (unpaired) electrons. The van der Waals surface area contributed by atoms with Gasteiger partial charge in [-0.25, -0.2) is 9.07 Å². The second-order valence-electron chi connectivity index (χ2n) is 2.97. The number of rotatable bonds is 2. The highest BCUT2D eigenvalue weighted by molar-refractivity contribution is 5.40. The second kappa shape index (κ2) is 3.57. The van der Waals surface area contributed by atoms with Crippen LogP contribution in [0.5, 0.6) is 0 Å². The molecule has 0 amide bonds. The van der Waals surface area contributed by atoms with E-state index in [2.05, 4.69) is 10.3 Å². The minimum absolute atomic E-state index is 0.257. The summed E-state index contributed by atoms with van der Waals surface area (Å²) < 4.78 is 14.6. The van der Waals surface area contributed by atoms with Gasteiger partial charge < -0.3 is 0 Å². The normalized spacial score (nSPS) is 10.4. The zero-order valence-corrected chi connectivity index (χ0v) is 7.81. The van der Waals surface area contributed by atoms with E-state index in [9.17, 15) is 4.39 Å². The second-order valence-corrected chi connectivity index (χ2v) is 2.97. The molecule has 2 rings (SSSR count). The Morgan fingerprint density at radius 3 is 2.93 bits per heavy atom. The molecule has 1 aromatic heterocycles.